The Morgan fingerprint density at radius 1 is 0.783 bits per heavy atom. The van der Waals surface area contributed by atoms with Crippen LogP contribution in [0.2, 0.25) is 0 Å². The molecule has 0 aromatic carbocycles. The van der Waals surface area contributed by atoms with Gasteiger partial charge in [-0.15, -0.1) is 0 Å². The van der Waals surface area contributed by atoms with Gasteiger partial charge in [0.25, 0.3) is 0 Å². The van der Waals surface area contributed by atoms with Gasteiger partial charge in [0, 0.05) is 31.7 Å². The molecular weight excluding hydrogens is 282 g/mol. The van der Waals surface area contributed by atoms with Crippen LogP contribution in [0.4, 0.5) is 0 Å². The summed E-state index contributed by atoms with van der Waals surface area (Å²) in [5, 5.41) is 0. The fourth-order valence-electron chi connectivity index (χ4n) is 3.72. The lowest BCUT2D eigenvalue weighted by Crippen LogP contribution is -2.55. The average Bonchev–Trinajstić information content (AvgIpc) is 2.54. The van der Waals surface area contributed by atoms with E-state index in [0.717, 1.165) is 0 Å². The molecule has 0 bridgehead atoms. The summed E-state index contributed by atoms with van der Waals surface area (Å²) in [5.41, 5.74) is 0.343. The fourth-order valence-corrected chi connectivity index (χ4v) is 3.72. The molecule has 3 heteroatoms. The first-order chi connectivity index (χ1) is 11.0. The Morgan fingerprint density at radius 2 is 1.39 bits per heavy atom. The molecule has 23 heavy (non-hydrogen) atoms. The van der Waals surface area contributed by atoms with Crippen molar-refractivity contribution in [3.8, 4) is 0 Å². The monoisotopic (exact) mass is 325 g/mol. The van der Waals surface area contributed by atoms with Crippen molar-refractivity contribution in [3.63, 3.8) is 0 Å². The van der Waals surface area contributed by atoms with E-state index in [9.17, 15) is 0 Å². The second kappa shape index (κ2) is 11.4. The Morgan fingerprint density at radius 3 is 1.91 bits per heavy atom. The second-order valence-electron chi connectivity index (χ2n) is 7.94. The Bertz CT molecular complexity index is 277. The lowest BCUT2D eigenvalue weighted by molar-refractivity contribution is 0.0402. The third-order valence-electron chi connectivity index (χ3n) is 5.43. The van der Waals surface area contributed by atoms with Gasteiger partial charge in [-0.2, -0.15) is 0 Å². The van der Waals surface area contributed by atoms with Crippen molar-refractivity contribution in [1.29, 1.82) is 0 Å². The minimum atomic E-state index is 0.343. The molecule has 0 N–H and O–H groups in total. The fraction of sp³-hybridized carbons (Fsp3) is 1.00. The number of hydrogen-bond donors (Lipinski definition) is 0. The van der Waals surface area contributed by atoms with Gasteiger partial charge in [-0.25, -0.2) is 0 Å². The largest absolute Gasteiger partial charge is 0.303 e. The molecule has 1 heterocycles. The molecule has 0 spiro atoms. The van der Waals surface area contributed by atoms with E-state index < -0.39 is 0 Å². The highest BCUT2D eigenvalue weighted by molar-refractivity contribution is 4.86. The maximum Gasteiger partial charge on any atom is 0.0166 e. The minimum Gasteiger partial charge on any atom is -0.303 e. The zero-order chi connectivity index (χ0) is 17.1. The summed E-state index contributed by atoms with van der Waals surface area (Å²) < 4.78 is 0. The lowest BCUT2D eigenvalue weighted by atomic mass is 9.96. The predicted molar refractivity (Wildman–Crippen MR) is 103 cm³/mol. The molecule has 1 rings (SSSR count). The Kier molecular flexibility index (Phi) is 10.4. The van der Waals surface area contributed by atoms with Gasteiger partial charge in [-0.1, -0.05) is 33.6 Å². The van der Waals surface area contributed by atoms with Crippen LogP contribution in [0.3, 0.4) is 0 Å². The first kappa shape index (κ1) is 20.9. The summed E-state index contributed by atoms with van der Waals surface area (Å²) in [6, 6.07) is 0. The van der Waals surface area contributed by atoms with Crippen LogP contribution in [-0.2, 0) is 0 Å². The highest BCUT2D eigenvalue weighted by Gasteiger charge is 2.29. The summed E-state index contributed by atoms with van der Waals surface area (Å²) in [6.07, 6.45) is 7.94. The summed E-state index contributed by atoms with van der Waals surface area (Å²) in [4.78, 5) is 8.06. The normalized spacial score (nSPS) is 18.0. The van der Waals surface area contributed by atoms with Crippen molar-refractivity contribution in [2.75, 3.05) is 52.4 Å². The van der Waals surface area contributed by atoms with E-state index in [0.29, 0.717) is 5.54 Å². The van der Waals surface area contributed by atoms with Gasteiger partial charge in [-0.05, 0) is 65.7 Å². The molecule has 0 radical (unpaired) electrons. The molecule has 0 aliphatic carbocycles. The van der Waals surface area contributed by atoms with Crippen molar-refractivity contribution >= 4 is 0 Å². The first-order valence-corrected chi connectivity index (χ1v) is 10.2. The van der Waals surface area contributed by atoms with E-state index in [1.807, 2.05) is 0 Å². The average molecular weight is 326 g/mol. The van der Waals surface area contributed by atoms with Gasteiger partial charge in [0.1, 0.15) is 0 Å². The summed E-state index contributed by atoms with van der Waals surface area (Å²) in [7, 11) is 0. The van der Waals surface area contributed by atoms with E-state index in [2.05, 4.69) is 49.3 Å². The number of rotatable bonds is 12. The molecule has 1 saturated heterocycles. The van der Waals surface area contributed by atoms with Crippen molar-refractivity contribution in [3.05, 3.63) is 0 Å². The van der Waals surface area contributed by atoms with Crippen LogP contribution in [0.25, 0.3) is 0 Å². The van der Waals surface area contributed by atoms with Gasteiger partial charge >= 0.3 is 0 Å². The summed E-state index contributed by atoms with van der Waals surface area (Å²) >= 11 is 0. The number of hydrogen-bond acceptors (Lipinski definition) is 3. The summed E-state index contributed by atoms with van der Waals surface area (Å²) in [5.74, 6) is 0. The molecule has 0 saturated carbocycles. The highest BCUT2D eigenvalue weighted by atomic mass is 15.3. The van der Waals surface area contributed by atoms with Gasteiger partial charge in [0.2, 0.25) is 0 Å². The van der Waals surface area contributed by atoms with Gasteiger partial charge in [0.05, 0.1) is 0 Å². The van der Waals surface area contributed by atoms with E-state index in [4.69, 9.17) is 0 Å². The van der Waals surface area contributed by atoms with Gasteiger partial charge in [-0.3, -0.25) is 4.90 Å². The maximum atomic E-state index is 2.74. The van der Waals surface area contributed by atoms with Crippen molar-refractivity contribution in [1.82, 2.24) is 14.7 Å². The Hall–Kier alpha value is -0.120. The van der Waals surface area contributed by atoms with E-state index in [1.165, 1.54) is 90.9 Å². The SMILES string of the molecule is CCCCCN1CCN(C(C)(C)CCN(CCC)CCC)CC1. The number of piperazine rings is 1. The smallest absolute Gasteiger partial charge is 0.0166 e. The van der Waals surface area contributed by atoms with Crippen LogP contribution >= 0.6 is 0 Å². The zero-order valence-electron chi connectivity index (χ0n) is 16.7. The third kappa shape index (κ3) is 8.00. The van der Waals surface area contributed by atoms with Gasteiger partial charge < -0.3 is 9.80 Å². The quantitative estimate of drug-likeness (QED) is 0.501. The molecular formula is C20H43N3. The molecule has 0 aromatic rings. The third-order valence-corrected chi connectivity index (χ3v) is 5.43. The standard InChI is InChI=1S/C20H43N3/c1-6-9-10-14-22-16-18-23(19-17-22)20(4,5)11-15-21(12-7-2)13-8-3/h6-19H2,1-5H3. The maximum absolute atomic E-state index is 2.74. The first-order valence-electron chi connectivity index (χ1n) is 10.2. The summed E-state index contributed by atoms with van der Waals surface area (Å²) in [6.45, 7) is 21.9. The molecule has 0 amide bonds. The highest BCUT2D eigenvalue weighted by Crippen LogP contribution is 2.21. The predicted octanol–water partition coefficient (Wildman–Crippen LogP) is 4.08. The lowest BCUT2D eigenvalue weighted by Gasteiger charge is -2.45. The van der Waals surface area contributed by atoms with Gasteiger partial charge in [0.15, 0.2) is 0 Å². The Balaban J connectivity index is 2.33. The molecule has 0 atom stereocenters. The van der Waals surface area contributed by atoms with Crippen molar-refractivity contribution in [2.24, 2.45) is 0 Å². The van der Waals surface area contributed by atoms with Crippen molar-refractivity contribution < 1.29 is 0 Å². The van der Waals surface area contributed by atoms with Crippen LogP contribution in [0, 0.1) is 0 Å². The van der Waals surface area contributed by atoms with Crippen LogP contribution in [-0.4, -0.2) is 72.6 Å². The van der Waals surface area contributed by atoms with Crippen molar-refractivity contribution in [2.45, 2.75) is 78.7 Å². The van der Waals surface area contributed by atoms with Crippen LogP contribution in [0.15, 0.2) is 0 Å². The second-order valence-corrected chi connectivity index (χ2v) is 7.94. The number of nitrogens with zero attached hydrogens (tertiary/aromatic N) is 3. The zero-order valence-corrected chi connectivity index (χ0v) is 16.7. The van der Waals surface area contributed by atoms with E-state index in [-0.39, 0.29) is 0 Å². The minimum absolute atomic E-state index is 0.343. The van der Waals surface area contributed by atoms with E-state index in [1.54, 1.807) is 0 Å². The molecule has 1 aliphatic heterocycles. The number of unbranched alkanes of at least 4 members (excludes halogenated alkanes) is 2. The van der Waals surface area contributed by atoms with Crippen LogP contribution in [0.1, 0.15) is 73.1 Å². The van der Waals surface area contributed by atoms with Crippen LogP contribution in [0.5, 0.6) is 0 Å². The van der Waals surface area contributed by atoms with Crippen LogP contribution < -0.4 is 0 Å². The molecule has 0 unspecified atom stereocenters. The molecule has 3 nitrogen and oxygen atoms in total. The van der Waals surface area contributed by atoms with E-state index >= 15 is 0 Å². The molecule has 1 aliphatic rings. The molecule has 138 valence electrons. The molecule has 0 aromatic heterocycles. The topological polar surface area (TPSA) is 9.72 Å². The molecule has 1 fully saturated rings. The Labute approximate surface area is 146 Å².